The van der Waals surface area contributed by atoms with E-state index >= 15 is 0 Å². The van der Waals surface area contributed by atoms with Gasteiger partial charge in [-0.15, -0.1) is 11.3 Å². The molecule has 2 aromatic rings. The molecule has 0 saturated carbocycles. The van der Waals surface area contributed by atoms with Crippen LogP contribution in [0.3, 0.4) is 0 Å². The molecule has 0 aromatic carbocycles. The quantitative estimate of drug-likeness (QED) is 0.398. The number of thiazole rings is 1. The van der Waals surface area contributed by atoms with E-state index < -0.39 is 0 Å². The van der Waals surface area contributed by atoms with Crippen molar-refractivity contribution in [3.63, 3.8) is 0 Å². The average molecular weight is 452 g/mol. The van der Waals surface area contributed by atoms with Crippen LogP contribution >= 0.6 is 43.4 Å². The minimum absolute atomic E-state index is 0.144. The normalized spacial score (nSPS) is 14.2. The maximum Gasteiger partial charge on any atom is 0.342 e. The monoisotopic (exact) mass is 450 g/mol. The van der Waals surface area contributed by atoms with E-state index in [1.165, 1.54) is 11.3 Å². The molecule has 2 amide bonds. The first kappa shape index (κ1) is 17.2. The van der Waals surface area contributed by atoms with E-state index in [1.807, 2.05) is 22.2 Å². The summed E-state index contributed by atoms with van der Waals surface area (Å²) in [6, 6.07) is 0. The number of hydrogen-bond acceptors (Lipinski definition) is 5. The Morgan fingerprint density at radius 1 is 1.36 bits per heavy atom. The molecule has 0 atom stereocenters. The fraction of sp³-hybridized carbons (Fsp3) is 0.308. The number of imide groups is 1. The van der Waals surface area contributed by atoms with E-state index in [2.05, 4.69) is 32.1 Å². The van der Waals surface area contributed by atoms with Gasteiger partial charge in [0.05, 0.1) is 27.2 Å². The molecule has 3 heterocycles. The standard InChI is InChI=1S/C9H8BrNO2S.C4H4BrNO2/c1-2-13-9(12)7-6(10)5-11-3-4-14-8(7)11;5-6-3(7)1-2-4(6)8/h3-5H,2H2,1H3;1-2H2. The van der Waals surface area contributed by atoms with Crippen LogP contribution in [0.25, 0.3) is 4.83 Å². The van der Waals surface area contributed by atoms with Crippen LogP contribution in [-0.2, 0) is 14.3 Å². The molecule has 0 spiro atoms. The lowest BCUT2D eigenvalue weighted by atomic mass is 10.3. The number of carbonyl (C=O) groups is 3. The van der Waals surface area contributed by atoms with Gasteiger partial charge in [0.15, 0.2) is 0 Å². The predicted octanol–water partition coefficient (Wildman–Crippen LogP) is 3.39. The molecule has 118 valence electrons. The molecule has 9 heteroatoms. The second-order valence-electron chi connectivity index (χ2n) is 4.26. The van der Waals surface area contributed by atoms with Crippen molar-refractivity contribution in [2.24, 2.45) is 0 Å². The highest BCUT2D eigenvalue weighted by Gasteiger charge is 2.26. The van der Waals surface area contributed by atoms with Gasteiger partial charge in [-0.1, -0.05) is 0 Å². The van der Waals surface area contributed by atoms with Gasteiger partial charge in [0.25, 0.3) is 0 Å². The van der Waals surface area contributed by atoms with E-state index in [9.17, 15) is 14.4 Å². The Balaban J connectivity index is 0.000000188. The van der Waals surface area contributed by atoms with Crippen LogP contribution in [-0.4, -0.2) is 32.7 Å². The summed E-state index contributed by atoms with van der Waals surface area (Å²) in [6.07, 6.45) is 4.47. The highest BCUT2D eigenvalue weighted by atomic mass is 79.9. The van der Waals surface area contributed by atoms with Crippen molar-refractivity contribution in [1.29, 1.82) is 0 Å². The van der Waals surface area contributed by atoms with Gasteiger partial charge in [-0.05, 0) is 22.9 Å². The number of fused-ring (bicyclic) bond motifs is 1. The van der Waals surface area contributed by atoms with Gasteiger partial charge < -0.3 is 9.14 Å². The number of carbonyl (C=O) groups excluding carboxylic acids is 3. The van der Waals surface area contributed by atoms with Gasteiger partial charge in [0.1, 0.15) is 10.4 Å². The lowest BCUT2D eigenvalue weighted by Gasteiger charge is -1.99. The molecule has 0 radical (unpaired) electrons. The fourth-order valence-corrected chi connectivity index (χ4v) is 3.73. The van der Waals surface area contributed by atoms with Gasteiger partial charge in [0.2, 0.25) is 11.8 Å². The molecular formula is C13H12Br2N2O4S. The summed E-state index contributed by atoms with van der Waals surface area (Å²) in [7, 11) is 0. The zero-order valence-electron chi connectivity index (χ0n) is 11.5. The van der Waals surface area contributed by atoms with E-state index in [1.54, 1.807) is 6.92 Å². The lowest BCUT2D eigenvalue weighted by molar-refractivity contribution is -0.131. The van der Waals surface area contributed by atoms with Crippen molar-refractivity contribution in [1.82, 2.24) is 8.33 Å². The minimum Gasteiger partial charge on any atom is -0.462 e. The Hall–Kier alpha value is -1.19. The third-order valence-corrected chi connectivity index (χ3v) is 5.10. The molecule has 0 N–H and O–H groups in total. The molecule has 0 bridgehead atoms. The molecule has 0 unspecified atom stereocenters. The Bertz CT molecular complexity index is 709. The van der Waals surface area contributed by atoms with Crippen molar-refractivity contribution in [3.8, 4) is 0 Å². The highest BCUT2D eigenvalue weighted by Crippen LogP contribution is 2.28. The Morgan fingerprint density at radius 3 is 2.50 bits per heavy atom. The largest absolute Gasteiger partial charge is 0.462 e. The average Bonchev–Trinajstić information content (AvgIpc) is 3.11. The van der Waals surface area contributed by atoms with Gasteiger partial charge in [-0.2, -0.15) is 0 Å². The number of amides is 2. The number of rotatable bonds is 2. The number of aromatic nitrogens is 1. The molecule has 0 aliphatic carbocycles. The number of nitrogens with zero attached hydrogens (tertiary/aromatic N) is 2. The Kier molecular flexibility index (Phi) is 5.76. The third-order valence-electron chi connectivity index (χ3n) is 2.81. The van der Waals surface area contributed by atoms with Crippen LogP contribution in [0.15, 0.2) is 22.2 Å². The number of esters is 1. The van der Waals surface area contributed by atoms with Crippen molar-refractivity contribution >= 4 is 66.0 Å². The SMILES string of the molecule is CCOC(=O)c1c(Br)cn2ccsc12.O=C1CCC(=O)N1Br. The van der Waals surface area contributed by atoms with Gasteiger partial charge in [0, 0.05) is 30.6 Å². The van der Waals surface area contributed by atoms with E-state index in [4.69, 9.17) is 4.74 Å². The number of hydrogen-bond donors (Lipinski definition) is 0. The zero-order valence-corrected chi connectivity index (χ0v) is 15.5. The predicted molar refractivity (Wildman–Crippen MR) is 88.9 cm³/mol. The molecule has 3 rings (SSSR count). The van der Waals surface area contributed by atoms with Crippen LogP contribution in [0.2, 0.25) is 0 Å². The molecule has 1 fully saturated rings. The van der Waals surface area contributed by atoms with Crippen molar-refractivity contribution in [2.75, 3.05) is 6.61 Å². The Morgan fingerprint density at radius 2 is 2.00 bits per heavy atom. The maximum absolute atomic E-state index is 11.6. The van der Waals surface area contributed by atoms with Crippen molar-refractivity contribution < 1.29 is 19.1 Å². The van der Waals surface area contributed by atoms with E-state index in [0.717, 1.165) is 13.2 Å². The van der Waals surface area contributed by atoms with E-state index in [-0.39, 0.29) is 17.8 Å². The van der Waals surface area contributed by atoms with Crippen LogP contribution in [0.4, 0.5) is 0 Å². The van der Waals surface area contributed by atoms with Crippen molar-refractivity contribution in [3.05, 3.63) is 27.8 Å². The maximum atomic E-state index is 11.6. The summed E-state index contributed by atoms with van der Waals surface area (Å²) in [5.41, 5.74) is 0.613. The second-order valence-corrected chi connectivity index (χ2v) is 6.71. The topological polar surface area (TPSA) is 68.1 Å². The third kappa shape index (κ3) is 3.58. The molecular weight excluding hydrogens is 440 g/mol. The molecule has 1 aliphatic heterocycles. The van der Waals surface area contributed by atoms with Crippen molar-refractivity contribution in [2.45, 2.75) is 19.8 Å². The first-order chi connectivity index (χ1) is 10.5. The molecule has 22 heavy (non-hydrogen) atoms. The molecule has 6 nitrogen and oxygen atoms in total. The van der Waals surface area contributed by atoms with Crippen LogP contribution in [0.5, 0.6) is 0 Å². The summed E-state index contributed by atoms with van der Waals surface area (Å²) in [6.45, 7) is 2.20. The zero-order chi connectivity index (χ0) is 16.3. The first-order valence-electron chi connectivity index (χ1n) is 6.38. The van der Waals surface area contributed by atoms with Crippen LogP contribution in [0.1, 0.15) is 30.1 Å². The number of ether oxygens (including phenoxy) is 1. The minimum atomic E-state index is -0.274. The summed E-state index contributed by atoms with van der Waals surface area (Å²) < 4.78 is 8.63. The smallest absolute Gasteiger partial charge is 0.342 e. The van der Waals surface area contributed by atoms with E-state index in [0.29, 0.717) is 25.0 Å². The van der Waals surface area contributed by atoms with Crippen LogP contribution in [0, 0.1) is 0 Å². The molecule has 1 saturated heterocycles. The highest BCUT2D eigenvalue weighted by molar-refractivity contribution is 9.10. The van der Waals surface area contributed by atoms with Gasteiger partial charge in [-0.3, -0.25) is 9.59 Å². The fourth-order valence-electron chi connectivity index (χ4n) is 1.80. The lowest BCUT2D eigenvalue weighted by Crippen LogP contribution is -2.16. The summed E-state index contributed by atoms with van der Waals surface area (Å²) in [4.78, 5) is 33.4. The second kappa shape index (κ2) is 7.38. The summed E-state index contributed by atoms with van der Waals surface area (Å²) >= 11 is 7.67. The van der Waals surface area contributed by atoms with Crippen LogP contribution < -0.4 is 0 Å². The first-order valence-corrected chi connectivity index (χ1v) is 8.76. The van der Waals surface area contributed by atoms with Gasteiger partial charge in [-0.25, -0.2) is 8.72 Å². The molecule has 1 aliphatic rings. The summed E-state index contributed by atoms with van der Waals surface area (Å²) in [5.74, 6) is -0.561. The molecule has 2 aromatic heterocycles. The summed E-state index contributed by atoms with van der Waals surface area (Å²) in [5, 5.41) is 1.94. The number of halogens is 2. The Labute approximate surface area is 147 Å². The van der Waals surface area contributed by atoms with Gasteiger partial charge >= 0.3 is 5.97 Å².